The van der Waals surface area contributed by atoms with Gasteiger partial charge in [-0.15, -0.1) is 0 Å². The minimum Gasteiger partial charge on any atom is -0.415 e. The Morgan fingerprint density at radius 2 is 1.53 bits per heavy atom. The second kappa shape index (κ2) is 8.64. The number of alkyl halides is 3. The van der Waals surface area contributed by atoms with E-state index in [1.165, 1.54) is 5.01 Å². The third kappa shape index (κ3) is 5.10. The van der Waals surface area contributed by atoms with E-state index in [2.05, 4.69) is 39.0 Å². The number of hydrazone groups is 1. The zero-order chi connectivity index (χ0) is 25.9. The first-order valence-corrected chi connectivity index (χ1v) is 14.7. The molecule has 0 saturated carbocycles. The Hall–Kier alpha value is -1.36. The van der Waals surface area contributed by atoms with Crippen molar-refractivity contribution in [3.05, 3.63) is 24.3 Å². The van der Waals surface area contributed by atoms with Gasteiger partial charge in [-0.3, -0.25) is 5.01 Å². The van der Waals surface area contributed by atoms with E-state index in [9.17, 15) is 13.2 Å². The van der Waals surface area contributed by atoms with Gasteiger partial charge in [-0.25, -0.2) is 0 Å². The van der Waals surface area contributed by atoms with E-state index in [-0.39, 0.29) is 11.6 Å². The number of benzene rings is 1. The maximum absolute atomic E-state index is 13.7. The summed E-state index contributed by atoms with van der Waals surface area (Å²) in [7, 11) is -2.69. The molecular weight excluding hydrogens is 460 g/mol. The van der Waals surface area contributed by atoms with Crippen LogP contribution in [0.1, 0.15) is 55.4 Å². The van der Waals surface area contributed by atoms with Crippen LogP contribution >= 0.6 is 0 Å². The number of halogens is 3. The van der Waals surface area contributed by atoms with Gasteiger partial charge < -0.3 is 13.7 Å². The number of nitrogens with zero attached hydrogens (tertiary/aromatic N) is 2. The highest BCUT2D eigenvalue weighted by molar-refractivity contribution is 6.74. The van der Waals surface area contributed by atoms with Crippen molar-refractivity contribution in [1.29, 1.82) is 0 Å². The molecule has 10 heteroatoms. The molecule has 2 atom stereocenters. The van der Waals surface area contributed by atoms with E-state index < -0.39 is 50.5 Å². The SMILES string of the molecule is C[C@@H]1C(C(F)(F)F)=NN(c2ccc(B3OC(C)(C)C(C)(C)O3)cc2)[C@H]1CO[Si](C)(C)C(C)(C)C. The fraction of sp³-hybridized carbons (Fsp3) is 0.708. The average Bonchev–Trinajstić information content (AvgIpc) is 3.12. The van der Waals surface area contributed by atoms with Crippen molar-refractivity contribution in [2.45, 2.75) is 96.9 Å². The van der Waals surface area contributed by atoms with Crippen LogP contribution in [0.3, 0.4) is 0 Å². The Morgan fingerprint density at radius 3 is 1.97 bits per heavy atom. The first-order chi connectivity index (χ1) is 15.3. The van der Waals surface area contributed by atoms with Crippen LogP contribution in [0.25, 0.3) is 0 Å². The van der Waals surface area contributed by atoms with Gasteiger partial charge in [0.1, 0.15) is 5.71 Å². The summed E-state index contributed by atoms with van der Waals surface area (Å²) in [6.07, 6.45) is -4.49. The standard InChI is InChI=1S/C24H38BF3N2O3Si/c1-16-19(15-31-34(9,10)21(2,3)4)30(29-20(16)24(26,27)28)18-13-11-17(12-14-18)25-32-22(5,6)23(7,8)33-25/h11-14,16,19H,15H2,1-10H3/t16-,19-/m0/s1. The van der Waals surface area contributed by atoms with E-state index in [1.807, 2.05) is 39.8 Å². The zero-order valence-corrected chi connectivity index (χ0v) is 23.0. The highest BCUT2D eigenvalue weighted by Gasteiger charge is 2.52. The molecule has 1 fully saturated rings. The topological polar surface area (TPSA) is 43.3 Å². The first kappa shape index (κ1) is 27.2. The quantitative estimate of drug-likeness (QED) is 0.485. The lowest BCUT2D eigenvalue weighted by Crippen LogP contribution is -2.46. The van der Waals surface area contributed by atoms with Crippen LogP contribution in [0.2, 0.25) is 18.1 Å². The van der Waals surface area contributed by atoms with E-state index in [4.69, 9.17) is 13.7 Å². The van der Waals surface area contributed by atoms with Crippen molar-refractivity contribution in [2.75, 3.05) is 11.6 Å². The Morgan fingerprint density at radius 1 is 1.03 bits per heavy atom. The highest BCUT2D eigenvalue weighted by Crippen LogP contribution is 2.40. The summed E-state index contributed by atoms with van der Waals surface area (Å²) >= 11 is 0. The van der Waals surface area contributed by atoms with Crippen LogP contribution in [-0.2, 0) is 13.7 Å². The van der Waals surface area contributed by atoms with E-state index in [0.717, 1.165) is 5.46 Å². The van der Waals surface area contributed by atoms with Gasteiger partial charge in [-0.2, -0.15) is 18.3 Å². The molecule has 3 rings (SSSR count). The number of hydrogen-bond donors (Lipinski definition) is 0. The second-order valence-corrected chi connectivity index (χ2v) is 16.7. The molecule has 0 radical (unpaired) electrons. The molecule has 0 spiro atoms. The predicted octanol–water partition coefficient (Wildman–Crippen LogP) is 5.75. The largest absolute Gasteiger partial charge is 0.494 e. The van der Waals surface area contributed by atoms with Gasteiger partial charge >= 0.3 is 13.3 Å². The fourth-order valence-corrected chi connectivity index (χ4v) is 4.75. The first-order valence-electron chi connectivity index (χ1n) is 11.8. The third-order valence-corrected chi connectivity index (χ3v) is 12.4. The maximum atomic E-state index is 13.7. The van der Waals surface area contributed by atoms with Crippen molar-refractivity contribution in [2.24, 2.45) is 11.0 Å². The summed E-state index contributed by atoms with van der Waals surface area (Å²) in [4.78, 5) is 0. The van der Waals surface area contributed by atoms with Crippen molar-refractivity contribution >= 4 is 32.3 Å². The predicted molar refractivity (Wildman–Crippen MR) is 134 cm³/mol. The summed E-state index contributed by atoms with van der Waals surface area (Å²) < 4.78 is 59.7. The fourth-order valence-electron chi connectivity index (χ4n) is 3.73. The molecule has 2 aliphatic rings. The Bertz CT molecular complexity index is 911. The molecular formula is C24H38BF3N2O3Si. The molecule has 1 saturated heterocycles. The third-order valence-electron chi connectivity index (χ3n) is 7.93. The molecule has 0 aromatic heterocycles. The molecule has 0 aliphatic carbocycles. The molecule has 0 N–H and O–H groups in total. The highest BCUT2D eigenvalue weighted by atomic mass is 28.4. The normalized spacial score (nSPS) is 25.1. The molecule has 1 aromatic carbocycles. The van der Waals surface area contributed by atoms with Gasteiger partial charge in [0.05, 0.1) is 29.5 Å². The number of hydrogen-bond acceptors (Lipinski definition) is 5. The summed E-state index contributed by atoms with van der Waals surface area (Å²) in [5.74, 6) is -0.812. The van der Waals surface area contributed by atoms with Crippen LogP contribution in [0, 0.1) is 5.92 Å². The maximum Gasteiger partial charge on any atom is 0.494 e. The van der Waals surface area contributed by atoms with Gasteiger partial charge in [-0.1, -0.05) is 39.8 Å². The zero-order valence-electron chi connectivity index (χ0n) is 22.0. The van der Waals surface area contributed by atoms with Crippen LogP contribution in [0.5, 0.6) is 0 Å². The minimum atomic E-state index is -4.49. The van der Waals surface area contributed by atoms with Crippen molar-refractivity contribution < 1.29 is 26.9 Å². The minimum absolute atomic E-state index is 0.0438. The smallest absolute Gasteiger partial charge is 0.415 e. The van der Waals surface area contributed by atoms with Crippen LogP contribution in [0.15, 0.2) is 29.4 Å². The van der Waals surface area contributed by atoms with Crippen LogP contribution in [0.4, 0.5) is 18.9 Å². The van der Waals surface area contributed by atoms with E-state index in [1.54, 1.807) is 19.1 Å². The van der Waals surface area contributed by atoms with Gasteiger partial charge in [0, 0.05) is 5.92 Å². The average molecular weight is 498 g/mol. The number of anilines is 1. The van der Waals surface area contributed by atoms with Gasteiger partial charge in [0.25, 0.3) is 0 Å². The van der Waals surface area contributed by atoms with Gasteiger partial charge in [-0.05, 0) is 63.4 Å². The summed E-state index contributed by atoms with van der Waals surface area (Å²) in [6.45, 7) is 20.2. The summed E-state index contributed by atoms with van der Waals surface area (Å²) in [5.41, 5.74) is -0.331. The second-order valence-electron chi connectivity index (χ2n) is 11.9. The molecule has 5 nitrogen and oxygen atoms in total. The lowest BCUT2D eigenvalue weighted by atomic mass is 9.79. The Labute approximate surface area is 203 Å². The monoisotopic (exact) mass is 498 g/mol. The molecule has 34 heavy (non-hydrogen) atoms. The molecule has 2 heterocycles. The van der Waals surface area contributed by atoms with Crippen molar-refractivity contribution in [3.63, 3.8) is 0 Å². The van der Waals surface area contributed by atoms with Crippen molar-refractivity contribution in [3.8, 4) is 0 Å². The lowest BCUT2D eigenvalue weighted by molar-refractivity contribution is -0.0621. The molecule has 1 aromatic rings. The van der Waals surface area contributed by atoms with E-state index >= 15 is 0 Å². The van der Waals surface area contributed by atoms with Gasteiger partial charge in [0.2, 0.25) is 0 Å². The molecule has 2 aliphatic heterocycles. The number of rotatable bonds is 5. The van der Waals surface area contributed by atoms with Gasteiger partial charge in [0.15, 0.2) is 8.32 Å². The molecule has 0 bridgehead atoms. The van der Waals surface area contributed by atoms with Crippen LogP contribution < -0.4 is 10.5 Å². The molecule has 0 unspecified atom stereocenters. The summed E-state index contributed by atoms with van der Waals surface area (Å²) in [5, 5.41) is 5.45. The van der Waals surface area contributed by atoms with Crippen LogP contribution in [-0.4, -0.2) is 51.2 Å². The summed E-state index contributed by atoms with van der Waals surface area (Å²) in [6, 6.07) is 6.66. The lowest BCUT2D eigenvalue weighted by Gasteiger charge is -2.38. The van der Waals surface area contributed by atoms with Crippen molar-refractivity contribution in [1.82, 2.24) is 0 Å². The molecule has 0 amide bonds. The molecule has 190 valence electrons. The Kier molecular flexibility index (Phi) is 6.92. The van der Waals surface area contributed by atoms with E-state index in [0.29, 0.717) is 5.69 Å². The Balaban J connectivity index is 1.86.